The van der Waals surface area contributed by atoms with Crippen LogP contribution < -0.4 is 10.5 Å². The van der Waals surface area contributed by atoms with Crippen LogP contribution in [-0.2, 0) is 6.54 Å². The van der Waals surface area contributed by atoms with E-state index in [9.17, 15) is 0 Å². The summed E-state index contributed by atoms with van der Waals surface area (Å²) < 4.78 is 7.89. The Morgan fingerprint density at radius 3 is 2.75 bits per heavy atom. The van der Waals surface area contributed by atoms with Crippen LogP contribution >= 0.6 is 11.8 Å². The number of thioether (sulfide) groups is 1. The first kappa shape index (κ1) is 15.0. The quantitative estimate of drug-likeness (QED) is 0.885. The molecule has 20 heavy (non-hydrogen) atoms. The summed E-state index contributed by atoms with van der Waals surface area (Å²) in [4.78, 5) is 4.48. The van der Waals surface area contributed by atoms with E-state index in [1.54, 1.807) is 0 Å². The largest absolute Gasteiger partial charge is 0.489 e. The van der Waals surface area contributed by atoms with Gasteiger partial charge in [-0.15, -0.1) is 0 Å². The number of rotatable bonds is 6. The third-order valence-electron chi connectivity index (χ3n) is 3.30. The van der Waals surface area contributed by atoms with E-state index in [2.05, 4.69) is 28.8 Å². The summed E-state index contributed by atoms with van der Waals surface area (Å²) in [5.74, 6) is 1.37. The number of aryl methyl sites for hydroxylation is 1. The molecule has 1 unspecified atom stereocenters. The maximum absolute atomic E-state index is 6.07. The summed E-state index contributed by atoms with van der Waals surface area (Å²) in [6.45, 7) is 7.14. The van der Waals surface area contributed by atoms with Crippen LogP contribution in [0.15, 0.2) is 18.2 Å². The molecule has 2 N–H and O–H groups in total. The van der Waals surface area contributed by atoms with Gasteiger partial charge in [-0.1, -0.05) is 13.0 Å². The standard InChI is InChI=1S/C15H23N3OS/c1-10(2)19-13-7-5-6-12-14(13)17-15(16)18(12)9-8-11(3)20-4/h5-7,10-11H,8-9H2,1-4H3,(H2,16,17). The van der Waals surface area contributed by atoms with Crippen molar-refractivity contribution in [1.82, 2.24) is 9.55 Å². The summed E-state index contributed by atoms with van der Waals surface area (Å²) in [6, 6.07) is 5.99. The molecule has 0 radical (unpaired) electrons. The van der Waals surface area contributed by atoms with Crippen LogP contribution in [-0.4, -0.2) is 27.2 Å². The van der Waals surface area contributed by atoms with Crippen molar-refractivity contribution in [3.8, 4) is 5.75 Å². The van der Waals surface area contributed by atoms with Gasteiger partial charge in [-0.05, 0) is 38.7 Å². The van der Waals surface area contributed by atoms with Crippen molar-refractivity contribution in [1.29, 1.82) is 0 Å². The number of nitrogens with zero attached hydrogens (tertiary/aromatic N) is 2. The van der Waals surface area contributed by atoms with Crippen LogP contribution in [0.4, 0.5) is 5.95 Å². The molecule has 0 saturated carbocycles. The molecule has 4 nitrogen and oxygen atoms in total. The lowest BCUT2D eigenvalue weighted by molar-refractivity contribution is 0.245. The summed E-state index contributed by atoms with van der Waals surface area (Å²) in [5.41, 5.74) is 7.98. The van der Waals surface area contributed by atoms with Crippen molar-refractivity contribution in [2.75, 3.05) is 12.0 Å². The molecular weight excluding hydrogens is 270 g/mol. The molecule has 0 aliphatic carbocycles. The zero-order chi connectivity index (χ0) is 14.7. The van der Waals surface area contributed by atoms with E-state index < -0.39 is 0 Å². The number of nitrogen functional groups attached to an aromatic ring is 1. The van der Waals surface area contributed by atoms with Gasteiger partial charge in [0, 0.05) is 11.8 Å². The molecule has 5 heteroatoms. The van der Waals surface area contributed by atoms with Crippen LogP contribution in [0.5, 0.6) is 5.75 Å². The smallest absolute Gasteiger partial charge is 0.201 e. The van der Waals surface area contributed by atoms with Crippen molar-refractivity contribution < 1.29 is 4.74 Å². The van der Waals surface area contributed by atoms with Crippen molar-refractivity contribution >= 4 is 28.7 Å². The Morgan fingerprint density at radius 1 is 1.35 bits per heavy atom. The molecule has 1 atom stereocenters. The maximum atomic E-state index is 6.07. The van der Waals surface area contributed by atoms with Crippen LogP contribution in [0.2, 0.25) is 0 Å². The van der Waals surface area contributed by atoms with Crippen LogP contribution in [0.25, 0.3) is 11.0 Å². The molecule has 110 valence electrons. The molecular formula is C15H23N3OS. The zero-order valence-corrected chi connectivity index (χ0v) is 13.4. The second kappa shape index (κ2) is 6.39. The number of anilines is 1. The fourth-order valence-corrected chi connectivity index (χ4v) is 2.49. The fraction of sp³-hybridized carbons (Fsp3) is 0.533. The van der Waals surface area contributed by atoms with Crippen LogP contribution in [0.3, 0.4) is 0 Å². The van der Waals surface area contributed by atoms with Gasteiger partial charge in [0.1, 0.15) is 11.3 Å². The molecule has 0 aliphatic heterocycles. The highest BCUT2D eigenvalue weighted by Crippen LogP contribution is 2.28. The van der Waals surface area contributed by atoms with Gasteiger partial charge in [-0.3, -0.25) is 0 Å². The van der Waals surface area contributed by atoms with E-state index in [0.717, 1.165) is 29.7 Å². The fourth-order valence-electron chi connectivity index (χ4n) is 2.15. The Kier molecular flexibility index (Phi) is 4.81. The van der Waals surface area contributed by atoms with E-state index >= 15 is 0 Å². The lowest BCUT2D eigenvalue weighted by Crippen LogP contribution is -2.08. The second-order valence-corrected chi connectivity index (χ2v) is 6.52. The SMILES string of the molecule is CSC(C)CCn1c(N)nc2c(OC(C)C)cccc21. The minimum absolute atomic E-state index is 0.128. The highest BCUT2D eigenvalue weighted by molar-refractivity contribution is 7.99. The van der Waals surface area contributed by atoms with Gasteiger partial charge >= 0.3 is 0 Å². The van der Waals surface area contributed by atoms with E-state index in [1.807, 2.05) is 37.7 Å². The summed E-state index contributed by atoms with van der Waals surface area (Å²) in [5, 5.41) is 0.613. The number of hydrogen-bond acceptors (Lipinski definition) is 4. The molecule has 1 aromatic heterocycles. The molecule has 0 fully saturated rings. The minimum Gasteiger partial charge on any atom is -0.489 e. The Hall–Kier alpha value is -1.36. The Bertz CT molecular complexity index is 580. The summed E-state index contributed by atoms with van der Waals surface area (Å²) >= 11 is 1.87. The number of fused-ring (bicyclic) bond motifs is 1. The number of aromatic nitrogens is 2. The molecule has 0 saturated heterocycles. The summed E-state index contributed by atoms with van der Waals surface area (Å²) in [6.07, 6.45) is 3.34. The van der Waals surface area contributed by atoms with Crippen molar-refractivity contribution in [3.63, 3.8) is 0 Å². The molecule has 2 rings (SSSR count). The number of hydrogen-bond donors (Lipinski definition) is 1. The van der Waals surface area contributed by atoms with Gasteiger partial charge in [0.25, 0.3) is 0 Å². The zero-order valence-electron chi connectivity index (χ0n) is 12.6. The molecule has 1 aromatic carbocycles. The lowest BCUT2D eigenvalue weighted by atomic mass is 10.2. The third-order valence-corrected chi connectivity index (χ3v) is 4.34. The van der Waals surface area contributed by atoms with E-state index in [4.69, 9.17) is 10.5 Å². The summed E-state index contributed by atoms with van der Waals surface area (Å²) in [7, 11) is 0. The topological polar surface area (TPSA) is 53.1 Å². The lowest BCUT2D eigenvalue weighted by Gasteiger charge is -2.12. The number of benzene rings is 1. The van der Waals surface area contributed by atoms with Crippen molar-refractivity contribution in [3.05, 3.63) is 18.2 Å². The Balaban J connectivity index is 2.34. The molecule has 0 amide bonds. The Labute approximate surface area is 124 Å². The van der Waals surface area contributed by atoms with Crippen LogP contribution in [0.1, 0.15) is 27.2 Å². The van der Waals surface area contributed by atoms with Crippen molar-refractivity contribution in [2.24, 2.45) is 0 Å². The normalized spacial score (nSPS) is 13.1. The highest BCUT2D eigenvalue weighted by Gasteiger charge is 2.13. The molecule has 1 heterocycles. The first-order chi connectivity index (χ1) is 9.52. The average molecular weight is 293 g/mol. The van der Waals surface area contributed by atoms with Crippen LogP contribution in [0, 0.1) is 0 Å². The van der Waals surface area contributed by atoms with Gasteiger partial charge in [0.2, 0.25) is 5.95 Å². The van der Waals surface area contributed by atoms with Gasteiger partial charge in [-0.25, -0.2) is 4.98 Å². The van der Waals surface area contributed by atoms with Crippen molar-refractivity contribution in [2.45, 2.75) is 45.1 Å². The number of imidazole rings is 1. The minimum atomic E-state index is 0.128. The highest BCUT2D eigenvalue weighted by atomic mass is 32.2. The van der Waals surface area contributed by atoms with Gasteiger partial charge in [0.15, 0.2) is 0 Å². The van der Waals surface area contributed by atoms with E-state index in [-0.39, 0.29) is 6.10 Å². The first-order valence-electron chi connectivity index (χ1n) is 6.97. The predicted molar refractivity (Wildman–Crippen MR) is 87.5 cm³/mol. The number of nitrogens with two attached hydrogens (primary N) is 1. The number of para-hydroxylation sites is 1. The average Bonchev–Trinajstić information content (AvgIpc) is 2.72. The maximum Gasteiger partial charge on any atom is 0.201 e. The molecule has 0 spiro atoms. The van der Waals surface area contributed by atoms with Gasteiger partial charge in [0.05, 0.1) is 11.6 Å². The monoisotopic (exact) mass is 293 g/mol. The van der Waals surface area contributed by atoms with Gasteiger partial charge in [-0.2, -0.15) is 11.8 Å². The molecule has 2 aromatic rings. The third kappa shape index (κ3) is 3.20. The Morgan fingerprint density at radius 2 is 2.10 bits per heavy atom. The number of ether oxygens (including phenoxy) is 1. The van der Waals surface area contributed by atoms with E-state index in [0.29, 0.717) is 11.2 Å². The van der Waals surface area contributed by atoms with Gasteiger partial charge < -0.3 is 15.0 Å². The second-order valence-electron chi connectivity index (χ2n) is 5.25. The molecule has 0 bridgehead atoms. The predicted octanol–water partition coefficient (Wildman–Crippen LogP) is 3.55. The van der Waals surface area contributed by atoms with E-state index in [1.165, 1.54) is 0 Å². The first-order valence-corrected chi connectivity index (χ1v) is 8.26. The molecule has 0 aliphatic rings.